The topological polar surface area (TPSA) is 67.3 Å². The Labute approximate surface area is 153 Å². The summed E-state index contributed by atoms with van der Waals surface area (Å²) in [4.78, 5) is 9.66. The molecule has 0 saturated carbocycles. The van der Waals surface area contributed by atoms with Crippen molar-refractivity contribution in [3.63, 3.8) is 0 Å². The minimum atomic E-state index is -0.529. The van der Waals surface area contributed by atoms with Crippen LogP contribution in [0, 0.1) is 5.95 Å². The monoisotopic (exact) mass is 378 g/mol. The van der Waals surface area contributed by atoms with Crippen LogP contribution in [0.4, 0.5) is 10.1 Å². The molecule has 0 unspecified atom stereocenters. The van der Waals surface area contributed by atoms with Gasteiger partial charge < -0.3 is 15.2 Å². The third-order valence-electron chi connectivity index (χ3n) is 3.43. The van der Waals surface area contributed by atoms with Crippen molar-refractivity contribution in [2.75, 3.05) is 37.9 Å². The Kier molecular flexibility index (Phi) is 6.19. The molecule has 5 nitrogen and oxygen atoms in total. The largest absolute Gasteiger partial charge is 0.394 e. The van der Waals surface area contributed by atoms with Gasteiger partial charge in [0.25, 0.3) is 0 Å². The predicted octanol–water partition coefficient (Wildman–Crippen LogP) is 3.64. The normalized spacial score (nSPS) is 11.2. The maximum absolute atomic E-state index is 13.9. The fraction of sp³-hybridized carbons (Fsp3) is 0.294. The first-order valence-electron chi connectivity index (χ1n) is 7.78. The van der Waals surface area contributed by atoms with Crippen molar-refractivity contribution in [1.82, 2.24) is 9.97 Å². The number of aliphatic hydroxyl groups excluding tert-OH is 1. The molecular formula is C17H18FN3O2S2. The third kappa shape index (κ3) is 4.46. The maximum Gasteiger partial charge on any atom is 0.236 e. The lowest BCUT2D eigenvalue weighted by atomic mass is 10.3. The van der Waals surface area contributed by atoms with E-state index < -0.39 is 5.95 Å². The first kappa shape index (κ1) is 18.1. The fourth-order valence-electron chi connectivity index (χ4n) is 2.23. The van der Waals surface area contributed by atoms with Crippen LogP contribution >= 0.6 is 23.1 Å². The second-order valence-electron chi connectivity index (χ2n) is 5.12. The number of fused-ring (bicyclic) bond motifs is 1. The Morgan fingerprint density at radius 3 is 2.88 bits per heavy atom. The molecule has 0 fully saturated rings. The molecule has 0 aliphatic carbocycles. The molecule has 3 aromatic rings. The molecule has 0 amide bonds. The lowest BCUT2D eigenvalue weighted by molar-refractivity contribution is 0.103. The minimum absolute atomic E-state index is 0.0458. The van der Waals surface area contributed by atoms with Gasteiger partial charge in [0.1, 0.15) is 10.7 Å². The number of nitrogens with zero attached hydrogens (tertiary/aromatic N) is 2. The van der Waals surface area contributed by atoms with Gasteiger partial charge in [0.2, 0.25) is 5.95 Å². The van der Waals surface area contributed by atoms with E-state index in [1.807, 2.05) is 12.1 Å². The number of nitrogens with one attached hydrogen (secondary N) is 1. The van der Waals surface area contributed by atoms with Crippen LogP contribution in [0.3, 0.4) is 0 Å². The number of halogens is 1. The molecule has 2 N–H and O–H groups in total. The van der Waals surface area contributed by atoms with Gasteiger partial charge in [-0.1, -0.05) is 0 Å². The van der Waals surface area contributed by atoms with E-state index in [2.05, 4.69) is 21.4 Å². The molecule has 25 heavy (non-hydrogen) atoms. The summed E-state index contributed by atoms with van der Waals surface area (Å²) in [7, 11) is 1.66. The number of aromatic nitrogens is 2. The van der Waals surface area contributed by atoms with Crippen LogP contribution in [0.2, 0.25) is 0 Å². The van der Waals surface area contributed by atoms with Crippen molar-refractivity contribution in [1.29, 1.82) is 0 Å². The number of pyridine rings is 1. The number of benzene rings is 1. The molecule has 0 atom stereocenters. The lowest BCUT2D eigenvalue weighted by Crippen LogP contribution is -2.02. The molecule has 0 spiro atoms. The molecule has 3 rings (SSSR count). The highest BCUT2D eigenvalue weighted by molar-refractivity contribution is 7.99. The highest BCUT2D eigenvalue weighted by Gasteiger charge is 2.11. The second kappa shape index (κ2) is 8.57. The molecule has 1 aromatic carbocycles. The van der Waals surface area contributed by atoms with Gasteiger partial charge in [0.15, 0.2) is 0 Å². The number of ether oxygens (including phenoxy) is 1. The van der Waals surface area contributed by atoms with Crippen molar-refractivity contribution in [3.05, 3.63) is 36.3 Å². The van der Waals surface area contributed by atoms with Crippen LogP contribution in [0.15, 0.2) is 35.2 Å². The fourth-order valence-corrected chi connectivity index (χ4v) is 4.08. The maximum atomic E-state index is 13.9. The summed E-state index contributed by atoms with van der Waals surface area (Å²) in [5.74, 6) is 0.286. The van der Waals surface area contributed by atoms with Gasteiger partial charge in [-0.25, -0.2) is 9.97 Å². The molecule has 0 aliphatic heterocycles. The Hall–Kier alpha value is -1.74. The van der Waals surface area contributed by atoms with Crippen molar-refractivity contribution in [2.45, 2.75) is 4.90 Å². The smallest absolute Gasteiger partial charge is 0.236 e. The van der Waals surface area contributed by atoms with Crippen LogP contribution in [-0.4, -0.2) is 47.7 Å². The Balaban J connectivity index is 1.75. The van der Waals surface area contributed by atoms with E-state index in [4.69, 9.17) is 9.84 Å². The number of thiazole rings is 1. The lowest BCUT2D eigenvalue weighted by Gasteiger charge is -2.02. The average molecular weight is 378 g/mol. The van der Waals surface area contributed by atoms with E-state index in [0.717, 1.165) is 20.9 Å². The van der Waals surface area contributed by atoms with Crippen LogP contribution < -0.4 is 5.32 Å². The van der Waals surface area contributed by atoms with E-state index in [0.29, 0.717) is 29.6 Å². The van der Waals surface area contributed by atoms with E-state index >= 15 is 0 Å². The number of rotatable bonds is 8. The highest BCUT2D eigenvalue weighted by Crippen LogP contribution is 2.32. The molecule has 2 heterocycles. The van der Waals surface area contributed by atoms with Gasteiger partial charge in [-0.15, -0.1) is 23.1 Å². The Morgan fingerprint density at radius 2 is 2.12 bits per heavy atom. The summed E-state index contributed by atoms with van der Waals surface area (Å²) < 4.78 is 20.1. The third-order valence-corrected chi connectivity index (χ3v) is 5.43. The predicted molar refractivity (Wildman–Crippen MR) is 101 cm³/mol. The van der Waals surface area contributed by atoms with Gasteiger partial charge in [-0.3, -0.25) is 0 Å². The average Bonchev–Trinajstić information content (AvgIpc) is 3.05. The van der Waals surface area contributed by atoms with E-state index in [1.165, 1.54) is 11.3 Å². The summed E-state index contributed by atoms with van der Waals surface area (Å²) in [6, 6.07) is 9.48. The molecule has 0 bridgehead atoms. The molecule has 0 radical (unpaired) electrons. The zero-order valence-corrected chi connectivity index (χ0v) is 15.3. The number of aliphatic hydroxyl groups is 1. The second-order valence-corrected chi connectivity index (χ2v) is 7.32. The highest BCUT2D eigenvalue weighted by atomic mass is 32.2. The molecule has 0 saturated heterocycles. The van der Waals surface area contributed by atoms with Crippen LogP contribution in [0.25, 0.3) is 20.9 Å². The van der Waals surface area contributed by atoms with Gasteiger partial charge in [-0.05, 0) is 30.3 Å². The van der Waals surface area contributed by atoms with Gasteiger partial charge in [0, 0.05) is 17.7 Å². The molecule has 0 aliphatic rings. The quantitative estimate of drug-likeness (QED) is 0.354. The number of thioether (sulfide) groups is 1. The van der Waals surface area contributed by atoms with E-state index in [9.17, 15) is 4.39 Å². The van der Waals surface area contributed by atoms with Crippen molar-refractivity contribution in [2.24, 2.45) is 0 Å². The zero-order chi connectivity index (χ0) is 17.6. The first-order valence-corrected chi connectivity index (χ1v) is 9.58. The van der Waals surface area contributed by atoms with Crippen LogP contribution in [-0.2, 0) is 4.74 Å². The number of hydrogen-bond acceptors (Lipinski definition) is 7. The molecular weight excluding hydrogens is 360 g/mol. The molecule has 132 valence electrons. The first-order chi connectivity index (χ1) is 12.2. The summed E-state index contributed by atoms with van der Waals surface area (Å²) in [6.45, 7) is 1.01. The summed E-state index contributed by atoms with van der Waals surface area (Å²) in [5.41, 5.74) is 1.78. The minimum Gasteiger partial charge on any atom is -0.394 e. The summed E-state index contributed by atoms with van der Waals surface area (Å²) in [5, 5.41) is 12.1. The van der Waals surface area contributed by atoms with E-state index in [-0.39, 0.29) is 6.61 Å². The summed E-state index contributed by atoms with van der Waals surface area (Å²) >= 11 is 3.18. The van der Waals surface area contributed by atoms with Gasteiger partial charge >= 0.3 is 0 Å². The van der Waals surface area contributed by atoms with Gasteiger partial charge in [-0.2, -0.15) is 4.39 Å². The number of anilines is 1. The van der Waals surface area contributed by atoms with Crippen molar-refractivity contribution in [3.8, 4) is 10.7 Å². The summed E-state index contributed by atoms with van der Waals surface area (Å²) in [6.07, 6.45) is 0. The van der Waals surface area contributed by atoms with Crippen molar-refractivity contribution >= 4 is 39.0 Å². The van der Waals surface area contributed by atoms with Crippen molar-refractivity contribution < 1.29 is 14.2 Å². The Morgan fingerprint density at radius 1 is 1.24 bits per heavy atom. The Bertz CT molecular complexity index is 857. The molecule has 2 aromatic heterocycles. The zero-order valence-electron chi connectivity index (χ0n) is 13.7. The standard InChI is InChI=1S/C17H18FN3O2S2/c1-19-13-4-5-14(20-16(13)18)17-21-12-3-2-11(10-15(12)25-17)24-9-8-23-7-6-22/h2-5,10,19,22H,6-9H2,1H3/i18-1. The SMILES string of the molecule is CNc1ccc(-c2nc3ccc(SCCOCCO)cc3s2)nc1[18F]. The van der Waals surface area contributed by atoms with E-state index in [1.54, 1.807) is 30.9 Å². The van der Waals surface area contributed by atoms with Crippen LogP contribution in [0.5, 0.6) is 0 Å². The van der Waals surface area contributed by atoms with Gasteiger partial charge in [0.05, 0.1) is 35.7 Å². The molecule has 8 heteroatoms. The van der Waals surface area contributed by atoms with Crippen LogP contribution in [0.1, 0.15) is 0 Å². The number of hydrogen-bond donors (Lipinski definition) is 2.